The molecule has 0 spiro atoms. The van der Waals surface area contributed by atoms with Gasteiger partial charge in [0.1, 0.15) is 5.82 Å². The molecule has 1 aromatic carbocycles. The maximum atomic E-state index is 13.8. The van der Waals surface area contributed by atoms with Gasteiger partial charge in [0.05, 0.1) is 0 Å². The van der Waals surface area contributed by atoms with E-state index in [0.717, 1.165) is 29.2 Å². The minimum Gasteiger partial charge on any atom is -0.396 e. The lowest BCUT2D eigenvalue weighted by Crippen LogP contribution is -2.20. The molecule has 0 aliphatic carbocycles. The van der Waals surface area contributed by atoms with Gasteiger partial charge in [0.15, 0.2) is 0 Å². The highest BCUT2D eigenvalue weighted by Crippen LogP contribution is 2.31. The molecular formula is C16H26FNOS. The Balaban J connectivity index is 2.91. The van der Waals surface area contributed by atoms with Crippen LogP contribution in [0.5, 0.6) is 0 Å². The summed E-state index contributed by atoms with van der Waals surface area (Å²) in [5, 5.41) is 12.5. The van der Waals surface area contributed by atoms with Crippen LogP contribution in [-0.4, -0.2) is 24.0 Å². The molecule has 2 unspecified atom stereocenters. The quantitative estimate of drug-likeness (QED) is 0.714. The third-order valence-corrected chi connectivity index (χ3v) is 4.69. The first-order valence-corrected chi connectivity index (χ1v) is 8.25. The fourth-order valence-corrected chi connectivity index (χ4v) is 3.12. The van der Waals surface area contributed by atoms with Crippen LogP contribution in [0, 0.1) is 18.7 Å². The van der Waals surface area contributed by atoms with Gasteiger partial charge < -0.3 is 10.4 Å². The lowest BCUT2D eigenvalue weighted by molar-refractivity contribution is 0.250. The predicted molar refractivity (Wildman–Crippen MR) is 84.8 cm³/mol. The maximum absolute atomic E-state index is 13.8. The van der Waals surface area contributed by atoms with Crippen molar-refractivity contribution in [3.63, 3.8) is 0 Å². The van der Waals surface area contributed by atoms with Crippen LogP contribution in [0.15, 0.2) is 17.0 Å². The molecular weight excluding hydrogens is 273 g/mol. The summed E-state index contributed by atoms with van der Waals surface area (Å²) in [5.74, 6) is 0.941. The van der Waals surface area contributed by atoms with Crippen molar-refractivity contribution in [1.29, 1.82) is 0 Å². The molecule has 0 amide bonds. The van der Waals surface area contributed by atoms with E-state index < -0.39 is 0 Å². The smallest absolute Gasteiger partial charge is 0.126 e. The number of hydrogen-bond acceptors (Lipinski definition) is 3. The maximum Gasteiger partial charge on any atom is 0.126 e. The lowest BCUT2D eigenvalue weighted by Gasteiger charge is -2.19. The average Bonchev–Trinajstić information content (AvgIpc) is 2.44. The number of hydrogen-bond donors (Lipinski definition) is 2. The fourth-order valence-electron chi connectivity index (χ4n) is 1.89. The van der Waals surface area contributed by atoms with Gasteiger partial charge in [-0.3, -0.25) is 0 Å². The zero-order valence-electron chi connectivity index (χ0n) is 12.9. The Kier molecular flexibility index (Phi) is 7.56. The molecule has 2 N–H and O–H groups in total. The molecule has 0 bridgehead atoms. The van der Waals surface area contributed by atoms with Gasteiger partial charge in [0.25, 0.3) is 0 Å². The first kappa shape index (κ1) is 17.5. The van der Waals surface area contributed by atoms with E-state index in [-0.39, 0.29) is 24.4 Å². The van der Waals surface area contributed by atoms with E-state index in [1.54, 1.807) is 24.8 Å². The number of nitrogens with one attached hydrogen (secondary N) is 1. The number of halogens is 1. The van der Waals surface area contributed by atoms with E-state index in [2.05, 4.69) is 19.2 Å². The van der Waals surface area contributed by atoms with Gasteiger partial charge in [-0.05, 0) is 56.0 Å². The third-order valence-electron chi connectivity index (χ3n) is 3.29. The number of aryl methyl sites for hydroxylation is 1. The van der Waals surface area contributed by atoms with Crippen LogP contribution in [0.4, 0.5) is 4.39 Å². The lowest BCUT2D eigenvalue weighted by atomic mass is 10.1. The Morgan fingerprint density at radius 1 is 1.35 bits per heavy atom. The second-order valence-electron chi connectivity index (χ2n) is 5.41. The van der Waals surface area contributed by atoms with Crippen LogP contribution >= 0.6 is 11.8 Å². The minimum absolute atomic E-state index is 0.136. The van der Waals surface area contributed by atoms with Crippen molar-refractivity contribution in [1.82, 2.24) is 5.32 Å². The van der Waals surface area contributed by atoms with Crippen LogP contribution in [0.25, 0.3) is 0 Å². The SMILES string of the molecule is CCCNC(C)c1cc(F)c(C)cc1SCC(C)CO. The van der Waals surface area contributed by atoms with Crippen molar-refractivity contribution in [2.45, 2.75) is 45.1 Å². The Morgan fingerprint density at radius 3 is 2.65 bits per heavy atom. The van der Waals surface area contributed by atoms with Gasteiger partial charge in [-0.15, -0.1) is 11.8 Å². The molecule has 2 nitrogen and oxygen atoms in total. The van der Waals surface area contributed by atoms with Crippen molar-refractivity contribution in [2.75, 3.05) is 18.9 Å². The van der Waals surface area contributed by atoms with Crippen LogP contribution in [-0.2, 0) is 0 Å². The van der Waals surface area contributed by atoms with E-state index >= 15 is 0 Å². The highest BCUT2D eigenvalue weighted by molar-refractivity contribution is 7.99. The largest absolute Gasteiger partial charge is 0.396 e. The monoisotopic (exact) mass is 299 g/mol. The van der Waals surface area contributed by atoms with Gasteiger partial charge in [-0.2, -0.15) is 0 Å². The zero-order chi connectivity index (χ0) is 15.1. The highest BCUT2D eigenvalue weighted by atomic mass is 32.2. The van der Waals surface area contributed by atoms with Crippen LogP contribution in [0.2, 0.25) is 0 Å². The molecule has 0 radical (unpaired) electrons. The molecule has 0 aromatic heterocycles. The Bertz CT molecular complexity index is 425. The van der Waals surface area contributed by atoms with Crippen molar-refractivity contribution in [3.05, 3.63) is 29.1 Å². The van der Waals surface area contributed by atoms with Gasteiger partial charge in [0.2, 0.25) is 0 Å². The molecule has 0 fully saturated rings. The Hall–Kier alpha value is -0.580. The molecule has 1 aromatic rings. The molecule has 0 saturated carbocycles. The highest BCUT2D eigenvalue weighted by Gasteiger charge is 2.14. The van der Waals surface area contributed by atoms with E-state index in [1.807, 2.05) is 13.0 Å². The standard InChI is InChI=1S/C16H26FNOS/c1-5-6-18-13(4)14-8-15(17)12(3)7-16(14)20-10-11(2)9-19/h7-8,11,13,18-19H,5-6,9-10H2,1-4H3. The first-order valence-electron chi connectivity index (χ1n) is 7.26. The molecule has 0 saturated heterocycles. The molecule has 1 rings (SSSR count). The van der Waals surface area contributed by atoms with Crippen molar-refractivity contribution in [2.24, 2.45) is 5.92 Å². The molecule has 4 heteroatoms. The number of aliphatic hydroxyl groups is 1. The van der Waals surface area contributed by atoms with Crippen LogP contribution in [0.1, 0.15) is 44.4 Å². The van der Waals surface area contributed by atoms with Crippen molar-refractivity contribution < 1.29 is 9.50 Å². The van der Waals surface area contributed by atoms with E-state index in [4.69, 9.17) is 5.11 Å². The van der Waals surface area contributed by atoms with Crippen LogP contribution < -0.4 is 5.32 Å². The number of aliphatic hydroxyl groups excluding tert-OH is 1. The normalized spacial score (nSPS) is 14.3. The molecule has 114 valence electrons. The van der Waals surface area contributed by atoms with Gasteiger partial charge >= 0.3 is 0 Å². The summed E-state index contributed by atoms with van der Waals surface area (Å²) >= 11 is 1.70. The summed E-state index contributed by atoms with van der Waals surface area (Å²) in [6, 6.07) is 3.70. The van der Waals surface area contributed by atoms with Gasteiger partial charge in [-0.25, -0.2) is 4.39 Å². The summed E-state index contributed by atoms with van der Waals surface area (Å²) in [6.07, 6.45) is 1.06. The Labute approximate surface area is 126 Å². The first-order chi connectivity index (χ1) is 9.49. The van der Waals surface area contributed by atoms with E-state index in [9.17, 15) is 4.39 Å². The summed E-state index contributed by atoms with van der Waals surface area (Å²) in [5.41, 5.74) is 1.69. The summed E-state index contributed by atoms with van der Waals surface area (Å²) in [6.45, 7) is 9.11. The molecule has 0 heterocycles. The van der Waals surface area contributed by atoms with Gasteiger partial charge in [-0.1, -0.05) is 13.8 Å². The number of benzene rings is 1. The number of thioether (sulfide) groups is 1. The summed E-state index contributed by atoms with van der Waals surface area (Å²) in [4.78, 5) is 1.11. The average molecular weight is 299 g/mol. The predicted octanol–water partition coefficient (Wildman–Crippen LogP) is 3.92. The zero-order valence-corrected chi connectivity index (χ0v) is 13.7. The van der Waals surface area contributed by atoms with Crippen LogP contribution in [0.3, 0.4) is 0 Å². The second kappa shape index (κ2) is 8.65. The molecule has 2 atom stereocenters. The topological polar surface area (TPSA) is 32.3 Å². The summed E-state index contributed by atoms with van der Waals surface area (Å²) in [7, 11) is 0. The minimum atomic E-state index is -0.148. The van der Waals surface area contributed by atoms with E-state index in [1.165, 1.54) is 0 Å². The molecule has 0 aliphatic heterocycles. The third kappa shape index (κ3) is 5.08. The molecule has 20 heavy (non-hydrogen) atoms. The fraction of sp³-hybridized carbons (Fsp3) is 0.625. The second-order valence-corrected chi connectivity index (χ2v) is 6.48. The van der Waals surface area contributed by atoms with Gasteiger partial charge in [0, 0.05) is 23.3 Å². The number of rotatable bonds is 8. The van der Waals surface area contributed by atoms with Crippen molar-refractivity contribution >= 4 is 11.8 Å². The van der Waals surface area contributed by atoms with E-state index in [0.29, 0.717) is 5.56 Å². The van der Waals surface area contributed by atoms with Crippen molar-refractivity contribution in [3.8, 4) is 0 Å². The summed E-state index contributed by atoms with van der Waals surface area (Å²) < 4.78 is 13.8. The Morgan fingerprint density at radius 2 is 2.05 bits per heavy atom. The molecule has 0 aliphatic rings.